The van der Waals surface area contributed by atoms with Crippen LogP contribution >= 0.6 is 0 Å². The fourth-order valence-corrected chi connectivity index (χ4v) is 5.05. The molecular formula is C32H30N6O2. The average molecular weight is 531 g/mol. The van der Waals surface area contributed by atoms with Crippen LogP contribution in [-0.4, -0.2) is 14.5 Å². The van der Waals surface area contributed by atoms with Crippen LogP contribution in [0.15, 0.2) is 88.6 Å². The lowest BCUT2D eigenvalue weighted by Crippen LogP contribution is -2.36. The monoisotopic (exact) mass is 530 g/mol. The van der Waals surface area contributed by atoms with Gasteiger partial charge in [0.15, 0.2) is 0 Å². The van der Waals surface area contributed by atoms with Crippen molar-refractivity contribution in [1.29, 1.82) is 0 Å². The molecular weight excluding hydrogens is 500 g/mol. The second-order valence-electron chi connectivity index (χ2n) is 10.9. The number of aromatic nitrogens is 3. The first-order valence-electron chi connectivity index (χ1n) is 13.3. The van der Waals surface area contributed by atoms with Gasteiger partial charge in [0, 0.05) is 40.4 Å². The molecule has 200 valence electrons. The standard InChI is InChI=1S/C32H30N6O2/c1-5-38-24-12-7-6-11-22(24)23-14-13-21(18-25(23)38)35-31-33-16-15-26(37-31)36-28-27(29(39)30(28)40)34-20-10-8-9-19(17-20)32(2,3)4/h6-18,34H,5H2,1-4H3,(H2,33,35,36,37). The van der Waals surface area contributed by atoms with E-state index < -0.39 is 10.9 Å². The Morgan fingerprint density at radius 3 is 2.25 bits per heavy atom. The Labute approximate surface area is 231 Å². The minimum atomic E-state index is -0.583. The van der Waals surface area contributed by atoms with Gasteiger partial charge >= 0.3 is 0 Å². The largest absolute Gasteiger partial charge is 0.350 e. The smallest absolute Gasteiger partial charge is 0.253 e. The zero-order chi connectivity index (χ0) is 28.0. The van der Waals surface area contributed by atoms with Gasteiger partial charge in [-0.25, -0.2) is 4.98 Å². The normalized spacial score (nSPS) is 11.8. The molecule has 0 aliphatic carbocycles. The molecule has 0 amide bonds. The van der Waals surface area contributed by atoms with E-state index in [9.17, 15) is 9.59 Å². The van der Waals surface area contributed by atoms with Gasteiger partial charge in [0.05, 0.1) is 5.52 Å². The summed E-state index contributed by atoms with van der Waals surface area (Å²) in [5.41, 5.74) is 4.25. The minimum Gasteiger partial charge on any atom is -0.350 e. The lowest BCUT2D eigenvalue weighted by molar-refractivity contribution is 0.590. The van der Waals surface area contributed by atoms with Crippen LogP contribution in [0.25, 0.3) is 21.8 Å². The molecule has 0 fully saturated rings. The van der Waals surface area contributed by atoms with Gasteiger partial charge in [-0.1, -0.05) is 57.2 Å². The molecule has 0 bridgehead atoms. The van der Waals surface area contributed by atoms with Crippen LogP contribution in [0.2, 0.25) is 0 Å². The van der Waals surface area contributed by atoms with E-state index in [1.165, 1.54) is 16.3 Å². The number of anilines is 6. The highest BCUT2D eigenvalue weighted by Gasteiger charge is 2.22. The van der Waals surface area contributed by atoms with Crippen LogP contribution in [0, 0.1) is 0 Å². The first-order valence-corrected chi connectivity index (χ1v) is 13.3. The molecule has 0 saturated heterocycles. The quantitative estimate of drug-likeness (QED) is 0.197. The number of hydrogen-bond acceptors (Lipinski definition) is 7. The van der Waals surface area contributed by atoms with Gasteiger partial charge < -0.3 is 20.5 Å². The number of para-hydroxylation sites is 1. The van der Waals surface area contributed by atoms with Crippen LogP contribution in [-0.2, 0) is 12.0 Å². The predicted octanol–water partition coefficient (Wildman–Crippen LogP) is 6.73. The number of nitrogens with one attached hydrogen (secondary N) is 3. The van der Waals surface area contributed by atoms with Gasteiger partial charge in [0.25, 0.3) is 10.9 Å². The Hall–Kier alpha value is -4.98. The number of hydrogen-bond donors (Lipinski definition) is 3. The summed E-state index contributed by atoms with van der Waals surface area (Å²) >= 11 is 0. The van der Waals surface area contributed by atoms with Gasteiger partial charge in [-0.2, -0.15) is 4.98 Å². The van der Waals surface area contributed by atoms with E-state index >= 15 is 0 Å². The van der Waals surface area contributed by atoms with Crippen LogP contribution in [0.1, 0.15) is 33.3 Å². The van der Waals surface area contributed by atoms with Gasteiger partial charge in [-0.3, -0.25) is 9.59 Å². The molecule has 6 aromatic rings. The molecule has 4 aromatic carbocycles. The number of benzene rings is 3. The molecule has 0 radical (unpaired) electrons. The van der Waals surface area contributed by atoms with Crippen molar-refractivity contribution in [1.82, 2.24) is 14.5 Å². The Bertz CT molecular complexity index is 1960. The molecule has 0 unspecified atom stereocenters. The number of rotatable bonds is 7. The maximum absolute atomic E-state index is 12.5. The molecule has 0 aliphatic rings. The highest BCUT2D eigenvalue weighted by molar-refractivity contribution is 6.08. The predicted molar refractivity (Wildman–Crippen MR) is 163 cm³/mol. The molecule has 0 aliphatic heterocycles. The van der Waals surface area contributed by atoms with Crippen molar-refractivity contribution in [2.75, 3.05) is 16.0 Å². The summed E-state index contributed by atoms with van der Waals surface area (Å²) in [4.78, 5) is 33.8. The molecule has 2 heterocycles. The Morgan fingerprint density at radius 1 is 0.750 bits per heavy atom. The summed E-state index contributed by atoms with van der Waals surface area (Å²) in [5.74, 6) is 0.773. The third-order valence-corrected chi connectivity index (χ3v) is 7.16. The van der Waals surface area contributed by atoms with Crippen LogP contribution < -0.4 is 26.8 Å². The molecule has 8 nitrogen and oxygen atoms in total. The Balaban J connectivity index is 1.25. The first-order chi connectivity index (χ1) is 19.2. The van der Waals surface area contributed by atoms with E-state index in [2.05, 4.69) is 94.6 Å². The van der Waals surface area contributed by atoms with E-state index in [1.807, 2.05) is 30.3 Å². The highest BCUT2D eigenvalue weighted by Crippen LogP contribution is 2.32. The van der Waals surface area contributed by atoms with E-state index in [0.29, 0.717) is 11.8 Å². The zero-order valence-corrected chi connectivity index (χ0v) is 22.9. The first kappa shape index (κ1) is 25.3. The fraction of sp³-hybridized carbons (Fsp3) is 0.188. The second-order valence-corrected chi connectivity index (χ2v) is 10.9. The van der Waals surface area contributed by atoms with Crippen molar-refractivity contribution < 1.29 is 0 Å². The number of nitrogens with zero attached hydrogens (tertiary/aromatic N) is 3. The number of fused-ring (bicyclic) bond motifs is 3. The highest BCUT2D eigenvalue weighted by atomic mass is 16.2. The van der Waals surface area contributed by atoms with Crippen molar-refractivity contribution >= 4 is 56.3 Å². The maximum Gasteiger partial charge on any atom is 0.253 e. The molecule has 3 N–H and O–H groups in total. The summed E-state index contributed by atoms with van der Waals surface area (Å²) < 4.78 is 2.28. The molecule has 2 aromatic heterocycles. The van der Waals surface area contributed by atoms with Gasteiger partial charge in [0.1, 0.15) is 17.2 Å². The molecule has 0 spiro atoms. The molecule has 8 heteroatoms. The summed E-state index contributed by atoms with van der Waals surface area (Å²) in [5, 5.41) is 11.8. The van der Waals surface area contributed by atoms with Gasteiger partial charge in [-0.15, -0.1) is 0 Å². The summed E-state index contributed by atoms with van der Waals surface area (Å²) in [7, 11) is 0. The lowest BCUT2D eigenvalue weighted by Gasteiger charge is -2.21. The van der Waals surface area contributed by atoms with Crippen LogP contribution in [0.3, 0.4) is 0 Å². The molecule has 0 saturated carbocycles. The van der Waals surface area contributed by atoms with E-state index in [0.717, 1.165) is 29.0 Å². The minimum absolute atomic E-state index is 0.0470. The second kappa shape index (κ2) is 9.64. The van der Waals surface area contributed by atoms with E-state index in [-0.39, 0.29) is 16.8 Å². The summed E-state index contributed by atoms with van der Waals surface area (Å²) in [6.45, 7) is 9.36. The third kappa shape index (κ3) is 4.47. The molecule has 0 atom stereocenters. The lowest BCUT2D eigenvalue weighted by atomic mass is 9.87. The summed E-state index contributed by atoms with van der Waals surface area (Å²) in [6.07, 6.45) is 1.60. The SMILES string of the molecule is CCn1c2ccccc2c2ccc(Nc3nccc(Nc4c(Nc5cccc(C(C)(C)C)c5)c(=O)c4=O)n3)cc21. The van der Waals surface area contributed by atoms with E-state index in [4.69, 9.17) is 0 Å². The summed E-state index contributed by atoms with van der Waals surface area (Å²) in [6, 6.07) is 24.1. The fourth-order valence-electron chi connectivity index (χ4n) is 5.05. The third-order valence-electron chi connectivity index (χ3n) is 7.16. The van der Waals surface area contributed by atoms with Crippen molar-refractivity contribution in [3.05, 3.63) is 105 Å². The van der Waals surface area contributed by atoms with Gasteiger partial charge in [0.2, 0.25) is 5.95 Å². The number of aryl methyl sites for hydroxylation is 1. The Morgan fingerprint density at radius 2 is 1.48 bits per heavy atom. The average Bonchev–Trinajstić information content (AvgIpc) is 3.27. The van der Waals surface area contributed by atoms with Crippen molar-refractivity contribution in [2.24, 2.45) is 0 Å². The van der Waals surface area contributed by atoms with Crippen LogP contribution in [0.4, 0.5) is 34.5 Å². The van der Waals surface area contributed by atoms with Gasteiger partial charge in [-0.05, 0) is 54.3 Å². The van der Waals surface area contributed by atoms with Crippen molar-refractivity contribution in [2.45, 2.75) is 39.7 Å². The molecule has 40 heavy (non-hydrogen) atoms. The van der Waals surface area contributed by atoms with Crippen molar-refractivity contribution in [3.63, 3.8) is 0 Å². The van der Waals surface area contributed by atoms with E-state index in [1.54, 1.807) is 12.3 Å². The topological polar surface area (TPSA) is 101 Å². The zero-order valence-electron chi connectivity index (χ0n) is 22.9. The van der Waals surface area contributed by atoms with Crippen molar-refractivity contribution in [3.8, 4) is 0 Å². The maximum atomic E-state index is 12.5. The Kier molecular flexibility index (Phi) is 6.10. The van der Waals surface area contributed by atoms with Crippen LogP contribution in [0.5, 0.6) is 0 Å². The molecule has 6 rings (SSSR count).